The number of para-hydroxylation sites is 1. The van der Waals surface area contributed by atoms with E-state index >= 15 is 0 Å². The highest BCUT2D eigenvalue weighted by Crippen LogP contribution is 2.34. The molecule has 120 valence electrons. The van der Waals surface area contributed by atoms with E-state index in [4.69, 9.17) is 4.74 Å². The minimum absolute atomic E-state index is 0.159. The number of rotatable bonds is 4. The van der Waals surface area contributed by atoms with Crippen LogP contribution >= 0.6 is 0 Å². The Kier molecular flexibility index (Phi) is 4.58. The molecule has 0 radical (unpaired) electrons. The zero-order valence-electron chi connectivity index (χ0n) is 11.8. The number of alkyl halides is 3. The van der Waals surface area contributed by atoms with Gasteiger partial charge in [0, 0.05) is 12.6 Å². The third-order valence-electron chi connectivity index (χ3n) is 3.24. The number of carbonyl (C=O) groups is 2. The lowest BCUT2D eigenvalue weighted by molar-refractivity contribution is -0.142. The molecule has 0 saturated heterocycles. The Morgan fingerprint density at radius 1 is 1.36 bits per heavy atom. The highest BCUT2D eigenvalue weighted by atomic mass is 19.4. The minimum atomic E-state index is -4.48. The van der Waals surface area contributed by atoms with Gasteiger partial charge < -0.3 is 15.0 Å². The first-order valence-electron chi connectivity index (χ1n) is 6.58. The van der Waals surface area contributed by atoms with Crippen LogP contribution in [0.3, 0.4) is 0 Å². The molecular weight excluding hydrogens is 301 g/mol. The van der Waals surface area contributed by atoms with Gasteiger partial charge in [-0.05, 0) is 6.07 Å². The van der Waals surface area contributed by atoms with Crippen LogP contribution in [0.25, 0.3) is 0 Å². The summed E-state index contributed by atoms with van der Waals surface area (Å²) in [6, 6.07) is 7.03. The first-order chi connectivity index (χ1) is 10.3. The topological polar surface area (TPSA) is 58.6 Å². The first kappa shape index (κ1) is 16.1. The van der Waals surface area contributed by atoms with Crippen LogP contribution in [0.1, 0.15) is 11.5 Å². The Hall–Kier alpha value is -2.25. The quantitative estimate of drug-likeness (QED) is 0.911. The van der Waals surface area contributed by atoms with E-state index in [1.165, 1.54) is 7.05 Å². The molecule has 0 aromatic heterocycles. The van der Waals surface area contributed by atoms with Crippen molar-refractivity contribution in [1.82, 2.24) is 10.2 Å². The van der Waals surface area contributed by atoms with Crippen LogP contribution in [0.4, 0.5) is 13.2 Å². The number of likely N-dealkylation sites (N-methyl/N-ethyl adjacent to an activating group) is 1. The summed E-state index contributed by atoms with van der Waals surface area (Å²) >= 11 is 0. The lowest BCUT2D eigenvalue weighted by atomic mass is 10.00. The molecule has 1 aliphatic heterocycles. The molecule has 0 saturated carbocycles. The van der Waals surface area contributed by atoms with Gasteiger partial charge >= 0.3 is 6.18 Å². The maximum absolute atomic E-state index is 12.3. The zero-order valence-corrected chi connectivity index (χ0v) is 11.8. The third-order valence-corrected chi connectivity index (χ3v) is 3.24. The Labute approximate surface area is 125 Å². The normalized spacial score (nSPS) is 16.6. The van der Waals surface area contributed by atoms with E-state index < -0.39 is 31.1 Å². The molecule has 5 nitrogen and oxygen atoms in total. The average molecular weight is 316 g/mol. The van der Waals surface area contributed by atoms with Crippen molar-refractivity contribution < 1.29 is 27.5 Å². The van der Waals surface area contributed by atoms with E-state index in [1.54, 1.807) is 29.6 Å². The van der Waals surface area contributed by atoms with Crippen molar-refractivity contribution in [2.45, 2.75) is 12.1 Å². The number of fused-ring (bicyclic) bond motifs is 1. The summed E-state index contributed by atoms with van der Waals surface area (Å²) in [4.78, 5) is 24.8. The van der Waals surface area contributed by atoms with Crippen LogP contribution in [-0.4, -0.2) is 49.6 Å². The summed E-state index contributed by atoms with van der Waals surface area (Å²) in [5.74, 6) is -1.17. The summed E-state index contributed by atoms with van der Waals surface area (Å²) < 4.78 is 41.4. The van der Waals surface area contributed by atoms with Crippen LogP contribution < -0.4 is 10.1 Å². The molecule has 1 aliphatic rings. The predicted molar refractivity (Wildman–Crippen MR) is 71.4 cm³/mol. The van der Waals surface area contributed by atoms with E-state index in [0.29, 0.717) is 5.75 Å². The lowest BCUT2D eigenvalue weighted by Crippen LogP contribution is -2.43. The molecule has 0 fully saturated rings. The summed E-state index contributed by atoms with van der Waals surface area (Å²) in [5, 5.41) is 1.73. The Balaban J connectivity index is 1.92. The fraction of sp³-hybridized carbons (Fsp3) is 0.429. The summed E-state index contributed by atoms with van der Waals surface area (Å²) in [6.07, 6.45) is -4.48. The van der Waals surface area contributed by atoms with Gasteiger partial charge in [-0.25, -0.2) is 0 Å². The van der Waals surface area contributed by atoms with Gasteiger partial charge in [0.25, 0.3) is 0 Å². The van der Waals surface area contributed by atoms with Crippen molar-refractivity contribution >= 4 is 11.8 Å². The number of nitrogens with one attached hydrogen (secondary N) is 1. The molecule has 0 aliphatic carbocycles. The predicted octanol–water partition coefficient (Wildman–Crippen LogP) is 1.30. The lowest BCUT2D eigenvalue weighted by Gasteiger charge is -2.20. The second kappa shape index (κ2) is 6.25. The van der Waals surface area contributed by atoms with Gasteiger partial charge in [-0.2, -0.15) is 13.2 Å². The molecule has 1 aromatic carbocycles. The molecule has 8 heteroatoms. The molecule has 1 aromatic rings. The molecule has 1 N–H and O–H groups in total. The summed E-state index contributed by atoms with van der Waals surface area (Å²) in [5.41, 5.74) is 0.718. The number of benzene rings is 1. The Bertz CT molecular complexity index is 575. The van der Waals surface area contributed by atoms with Gasteiger partial charge in [-0.15, -0.1) is 0 Å². The van der Waals surface area contributed by atoms with E-state index in [1.807, 2.05) is 0 Å². The van der Waals surface area contributed by atoms with Gasteiger partial charge in [-0.3, -0.25) is 9.59 Å². The molecule has 1 atom stereocenters. The molecule has 0 bridgehead atoms. The van der Waals surface area contributed by atoms with Crippen LogP contribution in [0.5, 0.6) is 5.75 Å². The number of hydrogen-bond donors (Lipinski definition) is 1. The fourth-order valence-corrected chi connectivity index (χ4v) is 2.18. The highest BCUT2D eigenvalue weighted by Gasteiger charge is 2.33. The Morgan fingerprint density at radius 3 is 2.73 bits per heavy atom. The Morgan fingerprint density at radius 2 is 2.05 bits per heavy atom. The number of hydrogen-bond acceptors (Lipinski definition) is 3. The number of carbonyl (C=O) groups excluding carboxylic acids is 2. The molecule has 2 rings (SSSR count). The van der Waals surface area contributed by atoms with Crippen molar-refractivity contribution in [1.29, 1.82) is 0 Å². The average Bonchev–Trinajstić information content (AvgIpc) is 2.87. The van der Waals surface area contributed by atoms with E-state index in [-0.39, 0.29) is 12.5 Å². The SMILES string of the molecule is CN(CC(=O)NCC(F)(F)F)C(=O)C1COc2ccccc21. The van der Waals surface area contributed by atoms with Crippen LogP contribution in [0.2, 0.25) is 0 Å². The second-order valence-corrected chi connectivity index (χ2v) is 4.99. The van der Waals surface area contributed by atoms with Gasteiger partial charge in [0.05, 0.1) is 6.54 Å². The van der Waals surface area contributed by atoms with Crippen molar-refractivity contribution in [3.8, 4) is 5.75 Å². The van der Waals surface area contributed by atoms with E-state index in [9.17, 15) is 22.8 Å². The highest BCUT2D eigenvalue weighted by molar-refractivity contribution is 5.89. The largest absolute Gasteiger partial charge is 0.492 e. The molecule has 1 heterocycles. The standard InChI is InChI=1S/C14H15F3N2O3/c1-19(6-12(20)18-8-14(15,16)17)13(21)10-7-22-11-5-3-2-4-9(10)11/h2-5,10H,6-8H2,1H3,(H,18,20). The smallest absolute Gasteiger partial charge is 0.405 e. The molecule has 1 unspecified atom stereocenters. The number of ether oxygens (including phenoxy) is 1. The maximum Gasteiger partial charge on any atom is 0.405 e. The first-order valence-corrected chi connectivity index (χ1v) is 6.58. The van der Waals surface area contributed by atoms with Crippen molar-refractivity contribution in [2.24, 2.45) is 0 Å². The van der Waals surface area contributed by atoms with Crippen molar-refractivity contribution in [3.63, 3.8) is 0 Å². The van der Waals surface area contributed by atoms with Gasteiger partial charge in [0.15, 0.2) is 0 Å². The van der Waals surface area contributed by atoms with E-state index in [2.05, 4.69) is 0 Å². The molecule has 2 amide bonds. The van der Waals surface area contributed by atoms with Crippen molar-refractivity contribution in [2.75, 3.05) is 26.7 Å². The number of nitrogens with zero attached hydrogens (tertiary/aromatic N) is 1. The number of amides is 2. The maximum atomic E-state index is 12.3. The van der Waals surface area contributed by atoms with E-state index in [0.717, 1.165) is 10.5 Å². The van der Waals surface area contributed by atoms with Crippen LogP contribution in [0.15, 0.2) is 24.3 Å². The zero-order chi connectivity index (χ0) is 16.3. The van der Waals surface area contributed by atoms with Gasteiger partial charge in [-0.1, -0.05) is 18.2 Å². The minimum Gasteiger partial charge on any atom is -0.492 e. The van der Waals surface area contributed by atoms with Gasteiger partial charge in [0.2, 0.25) is 11.8 Å². The summed E-state index contributed by atoms with van der Waals surface area (Å²) in [6.45, 7) is -1.69. The molecule has 22 heavy (non-hydrogen) atoms. The monoisotopic (exact) mass is 316 g/mol. The van der Waals surface area contributed by atoms with Crippen molar-refractivity contribution in [3.05, 3.63) is 29.8 Å². The molecular formula is C14H15F3N2O3. The van der Waals surface area contributed by atoms with Crippen LogP contribution in [-0.2, 0) is 9.59 Å². The third kappa shape index (κ3) is 3.90. The summed E-state index contributed by atoms with van der Waals surface area (Å²) in [7, 11) is 1.37. The molecule has 0 spiro atoms. The van der Waals surface area contributed by atoms with Crippen LogP contribution in [0, 0.1) is 0 Å². The fourth-order valence-electron chi connectivity index (χ4n) is 2.18. The second-order valence-electron chi connectivity index (χ2n) is 4.99. The van der Waals surface area contributed by atoms with Gasteiger partial charge in [0.1, 0.15) is 24.8 Å². The number of halogens is 3.